The van der Waals surface area contributed by atoms with Gasteiger partial charge in [0.25, 0.3) is 0 Å². The molecule has 2 aliphatic heterocycles. The Morgan fingerprint density at radius 2 is 2.25 bits per heavy atom. The lowest BCUT2D eigenvalue weighted by atomic mass is 10.1. The largest absolute Gasteiger partial charge is 0.371 e. The first-order chi connectivity index (χ1) is 9.84. The Morgan fingerprint density at radius 3 is 3.15 bits per heavy atom. The van der Waals surface area contributed by atoms with Gasteiger partial charge in [-0.1, -0.05) is 25.1 Å². The highest BCUT2D eigenvalue weighted by Crippen LogP contribution is 2.27. The van der Waals surface area contributed by atoms with Gasteiger partial charge < -0.3 is 10.2 Å². The van der Waals surface area contributed by atoms with E-state index in [4.69, 9.17) is 0 Å². The lowest BCUT2D eigenvalue weighted by Gasteiger charge is -2.29. The Morgan fingerprint density at radius 1 is 1.35 bits per heavy atom. The minimum absolute atomic E-state index is 0.736. The van der Waals surface area contributed by atoms with Crippen LogP contribution in [0.15, 0.2) is 24.3 Å². The molecule has 0 amide bonds. The van der Waals surface area contributed by atoms with Crippen LogP contribution in [0.1, 0.15) is 31.7 Å². The third-order valence-electron chi connectivity index (χ3n) is 4.60. The molecular weight excluding hydrogens is 264 g/mol. The van der Waals surface area contributed by atoms with E-state index in [9.17, 15) is 0 Å². The predicted octanol–water partition coefficient (Wildman–Crippen LogP) is 3.31. The molecule has 0 spiro atoms. The molecule has 1 aromatic rings. The van der Waals surface area contributed by atoms with Crippen LogP contribution >= 0.6 is 11.8 Å². The molecule has 110 valence electrons. The van der Waals surface area contributed by atoms with Gasteiger partial charge in [-0.15, -0.1) is 0 Å². The summed E-state index contributed by atoms with van der Waals surface area (Å²) in [6.45, 7) is 5.93. The highest BCUT2D eigenvalue weighted by molar-refractivity contribution is 7.99. The van der Waals surface area contributed by atoms with Gasteiger partial charge in [0.15, 0.2) is 0 Å². The minimum Gasteiger partial charge on any atom is -0.371 e. The van der Waals surface area contributed by atoms with Crippen molar-refractivity contribution in [2.75, 3.05) is 30.3 Å². The van der Waals surface area contributed by atoms with Crippen molar-refractivity contribution < 1.29 is 0 Å². The second-order valence-electron chi connectivity index (χ2n) is 6.00. The third kappa shape index (κ3) is 3.32. The van der Waals surface area contributed by atoms with Gasteiger partial charge in [-0.05, 0) is 49.6 Å². The first kappa shape index (κ1) is 14.3. The fraction of sp³-hybridized carbons (Fsp3) is 0.647. The Labute approximate surface area is 127 Å². The van der Waals surface area contributed by atoms with Crippen molar-refractivity contribution in [3.05, 3.63) is 29.8 Å². The van der Waals surface area contributed by atoms with Crippen LogP contribution in [0, 0.1) is 0 Å². The lowest BCUT2D eigenvalue weighted by Crippen LogP contribution is -2.40. The number of anilines is 1. The second kappa shape index (κ2) is 6.86. The van der Waals surface area contributed by atoms with Crippen LogP contribution < -0.4 is 10.2 Å². The minimum atomic E-state index is 0.736. The van der Waals surface area contributed by atoms with E-state index in [0.717, 1.165) is 17.8 Å². The molecule has 20 heavy (non-hydrogen) atoms. The van der Waals surface area contributed by atoms with Crippen LogP contribution in [0.4, 0.5) is 5.69 Å². The average molecular weight is 290 g/mol. The quantitative estimate of drug-likeness (QED) is 0.838. The molecule has 0 bridgehead atoms. The maximum atomic E-state index is 3.77. The summed E-state index contributed by atoms with van der Waals surface area (Å²) in [4.78, 5) is 2.55. The van der Waals surface area contributed by atoms with E-state index in [2.05, 4.69) is 53.2 Å². The van der Waals surface area contributed by atoms with Crippen molar-refractivity contribution in [3.63, 3.8) is 0 Å². The van der Waals surface area contributed by atoms with Crippen LogP contribution in [0.2, 0.25) is 0 Å². The van der Waals surface area contributed by atoms with Gasteiger partial charge in [0, 0.05) is 30.1 Å². The first-order valence-corrected chi connectivity index (χ1v) is 9.07. The summed E-state index contributed by atoms with van der Waals surface area (Å²) in [5.41, 5.74) is 2.99. The standard InChI is InChI=1S/C17H26N2S/c1-14-16(7-4-13-20-14)18-10-5-11-19-12-9-15-6-2-3-8-17(15)19/h2-3,6,8,14,16,18H,4-5,7,9-13H2,1H3. The van der Waals surface area contributed by atoms with Crippen molar-refractivity contribution >= 4 is 17.4 Å². The maximum Gasteiger partial charge on any atom is 0.0399 e. The van der Waals surface area contributed by atoms with E-state index in [-0.39, 0.29) is 0 Å². The van der Waals surface area contributed by atoms with Crippen molar-refractivity contribution in [2.45, 2.75) is 43.9 Å². The fourth-order valence-corrected chi connectivity index (χ4v) is 4.56. The number of fused-ring (bicyclic) bond motifs is 1. The van der Waals surface area contributed by atoms with E-state index in [1.807, 2.05) is 0 Å². The van der Waals surface area contributed by atoms with E-state index in [0.29, 0.717) is 0 Å². The van der Waals surface area contributed by atoms with Gasteiger partial charge in [-0.3, -0.25) is 0 Å². The molecule has 0 aliphatic carbocycles. The zero-order valence-electron chi connectivity index (χ0n) is 12.5. The highest BCUT2D eigenvalue weighted by atomic mass is 32.2. The van der Waals surface area contributed by atoms with Crippen molar-refractivity contribution in [2.24, 2.45) is 0 Å². The molecule has 1 fully saturated rings. The Balaban J connectivity index is 1.40. The van der Waals surface area contributed by atoms with Crippen LogP contribution in [-0.2, 0) is 6.42 Å². The number of hydrogen-bond donors (Lipinski definition) is 1. The summed E-state index contributed by atoms with van der Waals surface area (Å²) in [6.07, 6.45) is 5.22. The molecule has 2 aliphatic rings. The Kier molecular flexibility index (Phi) is 4.90. The predicted molar refractivity (Wildman–Crippen MR) is 89.9 cm³/mol. The van der Waals surface area contributed by atoms with E-state index >= 15 is 0 Å². The number of thioether (sulfide) groups is 1. The fourth-order valence-electron chi connectivity index (χ4n) is 3.39. The van der Waals surface area contributed by atoms with Crippen molar-refractivity contribution in [1.82, 2.24) is 5.32 Å². The van der Waals surface area contributed by atoms with Gasteiger partial charge in [-0.25, -0.2) is 0 Å². The molecule has 2 atom stereocenters. The Hall–Kier alpha value is -0.670. The topological polar surface area (TPSA) is 15.3 Å². The molecule has 0 aromatic heterocycles. The average Bonchev–Trinajstić information content (AvgIpc) is 2.89. The molecular formula is C17H26N2S. The Bertz CT molecular complexity index is 435. The summed E-state index contributed by atoms with van der Waals surface area (Å²) in [6, 6.07) is 9.60. The smallest absolute Gasteiger partial charge is 0.0399 e. The lowest BCUT2D eigenvalue weighted by molar-refractivity contribution is 0.458. The van der Waals surface area contributed by atoms with Gasteiger partial charge in [0.2, 0.25) is 0 Å². The second-order valence-corrected chi connectivity index (χ2v) is 7.48. The van der Waals surface area contributed by atoms with E-state index in [1.54, 1.807) is 0 Å². The molecule has 1 aromatic carbocycles. The zero-order valence-corrected chi connectivity index (χ0v) is 13.3. The van der Waals surface area contributed by atoms with Crippen molar-refractivity contribution in [1.29, 1.82) is 0 Å². The summed E-state index contributed by atoms with van der Waals surface area (Å²) in [5, 5.41) is 4.56. The summed E-state index contributed by atoms with van der Waals surface area (Å²) < 4.78 is 0. The van der Waals surface area contributed by atoms with Crippen LogP contribution in [-0.4, -0.2) is 36.7 Å². The number of hydrogen-bond acceptors (Lipinski definition) is 3. The normalized spacial score (nSPS) is 25.8. The summed E-state index contributed by atoms with van der Waals surface area (Å²) in [5.74, 6) is 1.35. The number of para-hydroxylation sites is 1. The summed E-state index contributed by atoms with van der Waals surface area (Å²) in [7, 11) is 0. The third-order valence-corrected chi connectivity index (χ3v) is 5.98. The van der Waals surface area contributed by atoms with Gasteiger partial charge in [-0.2, -0.15) is 11.8 Å². The highest BCUT2D eigenvalue weighted by Gasteiger charge is 2.21. The van der Waals surface area contributed by atoms with Gasteiger partial charge in [0.1, 0.15) is 0 Å². The van der Waals surface area contributed by atoms with E-state index in [1.165, 1.54) is 55.8 Å². The monoisotopic (exact) mass is 290 g/mol. The first-order valence-electron chi connectivity index (χ1n) is 8.02. The van der Waals surface area contributed by atoms with Crippen LogP contribution in [0.3, 0.4) is 0 Å². The zero-order chi connectivity index (χ0) is 13.8. The van der Waals surface area contributed by atoms with E-state index < -0.39 is 0 Å². The molecule has 2 heterocycles. The number of nitrogens with zero attached hydrogens (tertiary/aromatic N) is 1. The van der Waals surface area contributed by atoms with Crippen LogP contribution in [0.25, 0.3) is 0 Å². The number of nitrogens with one attached hydrogen (secondary N) is 1. The number of benzene rings is 1. The molecule has 2 unspecified atom stereocenters. The van der Waals surface area contributed by atoms with Crippen LogP contribution in [0.5, 0.6) is 0 Å². The molecule has 0 saturated carbocycles. The molecule has 1 saturated heterocycles. The summed E-state index contributed by atoms with van der Waals surface area (Å²) >= 11 is 2.13. The van der Waals surface area contributed by atoms with Gasteiger partial charge >= 0.3 is 0 Å². The molecule has 1 N–H and O–H groups in total. The SMILES string of the molecule is CC1SCCCC1NCCCN1CCc2ccccc21. The molecule has 0 radical (unpaired) electrons. The van der Waals surface area contributed by atoms with Gasteiger partial charge in [0.05, 0.1) is 0 Å². The maximum absolute atomic E-state index is 3.77. The molecule has 2 nitrogen and oxygen atoms in total. The molecule has 3 rings (SSSR count). The molecule has 3 heteroatoms. The number of rotatable bonds is 5. The van der Waals surface area contributed by atoms with Crippen molar-refractivity contribution in [3.8, 4) is 0 Å².